The number of hydrogen-bond donors (Lipinski definition) is 1. The molecule has 1 amide bonds. The summed E-state index contributed by atoms with van der Waals surface area (Å²) in [5, 5.41) is 40.6. The summed E-state index contributed by atoms with van der Waals surface area (Å²) in [5.74, 6) is -1.10. The Hall–Kier alpha value is -4.93. The first-order valence-corrected chi connectivity index (χ1v) is 9.59. The number of azo groups is 1. The van der Waals surface area contributed by atoms with E-state index in [0.717, 1.165) is 17.7 Å². The molecule has 0 aliphatic heterocycles. The van der Waals surface area contributed by atoms with Gasteiger partial charge in [-0.25, -0.2) is 0 Å². The van der Waals surface area contributed by atoms with Crippen LogP contribution in [0, 0.1) is 20.2 Å². The van der Waals surface area contributed by atoms with Crippen LogP contribution in [-0.2, 0) is 6.54 Å². The predicted octanol–water partition coefficient (Wildman–Crippen LogP) is 5.14. The Balaban J connectivity index is 1.75. The van der Waals surface area contributed by atoms with Crippen LogP contribution in [-0.4, -0.2) is 25.4 Å². The van der Waals surface area contributed by atoms with Gasteiger partial charge in [-0.2, -0.15) is 0 Å². The third-order valence-corrected chi connectivity index (χ3v) is 4.95. The van der Waals surface area contributed by atoms with Crippen molar-refractivity contribution in [1.82, 2.24) is 4.57 Å². The van der Waals surface area contributed by atoms with E-state index in [1.807, 2.05) is 30.3 Å². The molecule has 11 heteroatoms. The molecule has 0 spiro atoms. The molecule has 0 aliphatic carbocycles. The number of fused-ring (bicyclic) bond motifs is 1. The maximum absolute atomic E-state index is 12.4. The van der Waals surface area contributed by atoms with Crippen LogP contribution >= 0.6 is 0 Å². The first-order valence-electron chi connectivity index (χ1n) is 9.59. The average Bonchev–Trinajstić information content (AvgIpc) is 3.08. The summed E-state index contributed by atoms with van der Waals surface area (Å²) in [6.45, 7) is 0.257. The number of benzene rings is 3. The molecule has 11 nitrogen and oxygen atoms in total. The summed E-state index contributed by atoms with van der Waals surface area (Å²) >= 11 is 0. The zero-order chi connectivity index (χ0) is 23.5. The number of rotatable bonds is 6. The number of amides is 1. The van der Waals surface area contributed by atoms with Crippen LogP contribution in [0.3, 0.4) is 0 Å². The number of non-ortho nitro benzene ring substituents is 2. The first kappa shape index (κ1) is 21.3. The molecule has 0 aliphatic rings. The largest absolute Gasteiger partial charge is 0.493 e. The highest BCUT2D eigenvalue weighted by Gasteiger charge is 2.20. The number of aromatic nitrogens is 1. The van der Waals surface area contributed by atoms with E-state index in [2.05, 4.69) is 10.2 Å². The molecule has 0 saturated carbocycles. The lowest BCUT2D eigenvalue weighted by Gasteiger charge is -2.07. The second-order valence-electron chi connectivity index (χ2n) is 7.01. The van der Waals surface area contributed by atoms with Crippen molar-refractivity contribution in [2.24, 2.45) is 10.2 Å². The van der Waals surface area contributed by atoms with E-state index in [4.69, 9.17) is 0 Å². The van der Waals surface area contributed by atoms with Crippen LogP contribution in [0.15, 0.2) is 83.0 Å². The zero-order valence-electron chi connectivity index (χ0n) is 16.9. The summed E-state index contributed by atoms with van der Waals surface area (Å²) in [6.07, 6.45) is 0. The Bertz CT molecular complexity index is 1410. The van der Waals surface area contributed by atoms with Gasteiger partial charge in [0.15, 0.2) is 5.69 Å². The molecule has 4 aromatic rings. The zero-order valence-corrected chi connectivity index (χ0v) is 16.9. The molecule has 0 radical (unpaired) electrons. The number of carbonyl (C=O) groups excluding carboxylic acids is 1. The molecule has 3 aromatic carbocycles. The normalized spacial score (nSPS) is 11.2. The second-order valence-corrected chi connectivity index (χ2v) is 7.01. The fourth-order valence-electron chi connectivity index (χ4n) is 3.33. The highest BCUT2D eigenvalue weighted by molar-refractivity contribution is 5.98. The van der Waals surface area contributed by atoms with E-state index in [1.165, 1.54) is 34.9 Å². The Labute approximate surface area is 185 Å². The van der Waals surface area contributed by atoms with Crippen LogP contribution in [0.4, 0.5) is 17.1 Å². The second kappa shape index (κ2) is 8.67. The lowest BCUT2D eigenvalue weighted by Crippen LogP contribution is -1.98. The van der Waals surface area contributed by atoms with Crippen molar-refractivity contribution in [2.75, 3.05) is 0 Å². The van der Waals surface area contributed by atoms with Crippen molar-refractivity contribution < 1.29 is 19.7 Å². The van der Waals surface area contributed by atoms with E-state index in [1.54, 1.807) is 0 Å². The van der Waals surface area contributed by atoms with Gasteiger partial charge in [0.05, 0.1) is 21.9 Å². The molecule has 0 fully saturated rings. The molecule has 33 heavy (non-hydrogen) atoms. The maximum atomic E-state index is 12.4. The van der Waals surface area contributed by atoms with Gasteiger partial charge in [0, 0.05) is 35.2 Å². The Kier molecular flexibility index (Phi) is 5.60. The fraction of sp³-hybridized carbons (Fsp3) is 0.0455. The van der Waals surface area contributed by atoms with E-state index >= 15 is 0 Å². The van der Waals surface area contributed by atoms with Crippen LogP contribution in [0.5, 0.6) is 5.88 Å². The minimum Gasteiger partial charge on any atom is -0.493 e. The fourth-order valence-corrected chi connectivity index (χ4v) is 3.33. The number of nitrogens with zero attached hydrogens (tertiary/aromatic N) is 5. The average molecular weight is 445 g/mol. The number of hydrogen-bond acceptors (Lipinski definition) is 7. The standard InChI is InChI=1S/C22H15N5O6/c28-21(15-6-8-16(9-7-15)26(30)31)24-23-20-18-12-17(27(32)33)10-11-19(18)25(22(20)29)13-14-4-2-1-3-5-14/h1-12,29H,13H2. The van der Waals surface area contributed by atoms with Crippen molar-refractivity contribution in [3.8, 4) is 5.88 Å². The summed E-state index contributed by atoms with van der Waals surface area (Å²) in [4.78, 5) is 33.2. The van der Waals surface area contributed by atoms with E-state index in [-0.39, 0.29) is 40.4 Å². The predicted molar refractivity (Wildman–Crippen MR) is 118 cm³/mol. The van der Waals surface area contributed by atoms with Crippen molar-refractivity contribution >= 4 is 33.9 Å². The molecule has 0 saturated heterocycles. The molecule has 4 rings (SSSR count). The number of carbonyl (C=O) groups is 1. The van der Waals surface area contributed by atoms with Gasteiger partial charge in [-0.15, -0.1) is 10.2 Å². The van der Waals surface area contributed by atoms with Gasteiger partial charge in [-0.3, -0.25) is 25.0 Å². The van der Waals surface area contributed by atoms with Gasteiger partial charge >= 0.3 is 0 Å². The van der Waals surface area contributed by atoms with Gasteiger partial charge in [0.1, 0.15) is 0 Å². The van der Waals surface area contributed by atoms with E-state index in [9.17, 15) is 30.1 Å². The monoisotopic (exact) mass is 445 g/mol. The van der Waals surface area contributed by atoms with Crippen molar-refractivity contribution in [2.45, 2.75) is 6.54 Å². The minimum absolute atomic E-state index is 0.0582. The summed E-state index contributed by atoms with van der Waals surface area (Å²) in [6, 6.07) is 18.1. The van der Waals surface area contributed by atoms with E-state index in [0.29, 0.717) is 5.52 Å². The van der Waals surface area contributed by atoms with Gasteiger partial charge < -0.3 is 9.67 Å². The molecular weight excluding hydrogens is 430 g/mol. The smallest absolute Gasteiger partial charge is 0.295 e. The van der Waals surface area contributed by atoms with Crippen molar-refractivity contribution in [3.05, 3.63) is 104 Å². The first-order chi connectivity index (χ1) is 15.8. The van der Waals surface area contributed by atoms with E-state index < -0.39 is 15.8 Å². The number of aromatic hydroxyl groups is 1. The van der Waals surface area contributed by atoms with Crippen LogP contribution in [0.25, 0.3) is 10.9 Å². The van der Waals surface area contributed by atoms with Crippen molar-refractivity contribution in [1.29, 1.82) is 0 Å². The highest BCUT2D eigenvalue weighted by atomic mass is 16.6. The quantitative estimate of drug-likeness (QED) is 0.246. The molecule has 164 valence electrons. The SMILES string of the molecule is O=C(N=Nc1c(O)n(Cc2ccccc2)c2ccc([N+](=O)[O-])cc12)c1ccc([N+](=O)[O-])cc1. The summed E-state index contributed by atoms with van der Waals surface area (Å²) in [5.41, 5.74) is 0.907. The molecule has 1 N–H and O–H groups in total. The molecule has 0 bridgehead atoms. The molecule has 0 unspecified atom stereocenters. The third kappa shape index (κ3) is 4.28. The molecule has 0 atom stereocenters. The molecule has 1 aromatic heterocycles. The molecule has 1 heterocycles. The van der Waals surface area contributed by atoms with Crippen molar-refractivity contribution in [3.63, 3.8) is 0 Å². The Morgan fingerprint density at radius 2 is 1.55 bits per heavy atom. The lowest BCUT2D eigenvalue weighted by atomic mass is 10.2. The Morgan fingerprint density at radius 1 is 0.909 bits per heavy atom. The van der Waals surface area contributed by atoms with Gasteiger partial charge in [-0.1, -0.05) is 30.3 Å². The maximum Gasteiger partial charge on any atom is 0.295 e. The van der Waals surface area contributed by atoms with Gasteiger partial charge in [0.2, 0.25) is 5.88 Å². The van der Waals surface area contributed by atoms with Gasteiger partial charge in [-0.05, 0) is 23.8 Å². The van der Waals surface area contributed by atoms with Crippen LogP contribution < -0.4 is 0 Å². The van der Waals surface area contributed by atoms with Crippen LogP contribution in [0.1, 0.15) is 15.9 Å². The minimum atomic E-state index is -0.793. The third-order valence-electron chi connectivity index (χ3n) is 4.95. The number of nitro groups is 2. The topological polar surface area (TPSA) is 153 Å². The number of nitro benzene ring substituents is 2. The lowest BCUT2D eigenvalue weighted by molar-refractivity contribution is -0.385. The Morgan fingerprint density at radius 3 is 2.18 bits per heavy atom. The highest BCUT2D eigenvalue weighted by Crippen LogP contribution is 2.41. The molecular formula is C22H15N5O6. The van der Waals surface area contributed by atoms with Gasteiger partial charge in [0.25, 0.3) is 17.3 Å². The summed E-state index contributed by atoms with van der Waals surface area (Å²) < 4.78 is 1.51. The summed E-state index contributed by atoms with van der Waals surface area (Å²) in [7, 11) is 0. The van der Waals surface area contributed by atoms with Crippen LogP contribution in [0.2, 0.25) is 0 Å².